The number of rotatable bonds is 9. The van der Waals surface area contributed by atoms with E-state index in [9.17, 15) is 4.79 Å². The molecule has 4 nitrogen and oxygen atoms in total. The first-order chi connectivity index (χ1) is 13.2. The average Bonchev–Trinajstić information content (AvgIpc) is 3.05. The monoisotopic (exact) mass is 363 g/mol. The summed E-state index contributed by atoms with van der Waals surface area (Å²) in [5, 5.41) is 4.04. The van der Waals surface area contributed by atoms with Crippen LogP contribution in [0.15, 0.2) is 42.7 Å². The average molecular weight is 364 g/mol. The molecule has 0 bridgehead atoms. The highest BCUT2D eigenvalue weighted by atomic mass is 16.1. The van der Waals surface area contributed by atoms with E-state index in [2.05, 4.69) is 46.5 Å². The van der Waals surface area contributed by atoms with E-state index in [4.69, 9.17) is 0 Å². The number of unbranched alkanes of at least 4 members (excludes halogenated alkanes) is 4. The lowest BCUT2D eigenvalue weighted by Gasteiger charge is -2.06. The number of benzene rings is 1. The number of nitrogens with zero attached hydrogens (tertiary/aromatic N) is 1. The summed E-state index contributed by atoms with van der Waals surface area (Å²) in [7, 11) is 1.70. The Kier molecular flexibility index (Phi) is 6.64. The van der Waals surface area contributed by atoms with Gasteiger partial charge in [0.15, 0.2) is 0 Å². The van der Waals surface area contributed by atoms with Crippen molar-refractivity contribution < 1.29 is 4.79 Å². The van der Waals surface area contributed by atoms with E-state index >= 15 is 0 Å². The maximum absolute atomic E-state index is 11.2. The van der Waals surface area contributed by atoms with Crippen LogP contribution >= 0.6 is 0 Å². The molecule has 27 heavy (non-hydrogen) atoms. The van der Waals surface area contributed by atoms with Crippen LogP contribution in [-0.2, 0) is 11.2 Å². The number of hydrogen-bond acceptors (Lipinski definition) is 2. The number of pyridine rings is 1. The van der Waals surface area contributed by atoms with Gasteiger partial charge >= 0.3 is 0 Å². The molecule has 3 aromatic rings. The molecule has 0 aliphatic rings. The first kappa shape index (κ1) is 19.2. The van der Waals surface area contributed by atoms with Gasteiger partial charge in [-0.3, -0.25) is 9.78 Å². The molecule has 0 fully saturated rings. The van der Waals surface area contributed by atoms with E-state index in [-0.39, 0.29) is 5.91 Å². The van der Waals surface area contributed by atoms with Crippen molar-refractivity contribution in [1.29, 1.82) is 0 Å². The van der Waals surface area contributed by atoms with Gasteiger partial charge in [0.25, 0.3) is 0 Å². The van der Waals surface area contributed by atoms with E-state index in [1.807, 2.05) is 18.5 Å². The second-order valence-corrected chi connectivity index (χ2v) is 7.15. The molecule has 2 N–H and O–H groups in total. The molecule has 0 aliphatic carbocycles. The van der Waals surface area contributed by atoms with Crippen LogP contribution in [0.25, 0.3) is 22.2 Å². The minimum absolute atomic E-state index is 0.147. The molecule has 0 radical (unpaired) electrons. The number of fused-ring (bicyclic) bond motifs is 1. The number of aryl methyl sites for hydroxylation is 2. The molecule has 0 saturated heterocycles. The summed E-state index contributed by atoms with van der Waals surface area (Å²) in [5.74, 6) is 0.147. The predicted molar refractivity (Wildman–Crippen MR) is 112 cm³/mol. The summed E-state index contributed by atoms with van der Waals surface area (Å²) >= 11 is 0. The molecule has 0 saturated carbocycles. The van der Waals surface area contributed by atoms with E-state index in [0.29, 0.717) is 6.42 Å². The Morgan fingerprint density at radius 2 is 1.89 bits per heavy atom. The third-order valence-electron chi connectivity index (χ3n) is 5.24. The van der Waals surface area contributed by atoms with Crippen LogP contribution in [0.3, 0.4) is 0 Å². The fraction of sp³-hybridized carbons (Fsp3) is 0.391. The summed E-state index contributed by atoms with van der Waals surface area (Å²) in [6.07, 6.45) is 11.2. The van der Waals surface area contributed by atoms with Crippen molar-refractivity contribution in [2.45, 2.75) is 51.9 Å². The van der Waals surface area contributed by atoms with Gasteiger partial charge in [0.2, 0.25) is 5.91 Å². The van der Waals surface area contributed by atoms with Crippen LogP contribution in [0.1, 0.15) is 49.7 Å². The summed E-state index contributed by atoms with van der Waals surface area (Å²) < 4.78 is 0. The highest BCUT2D eigenvalue weighted by Gasteiger charge is 2.12. The summed E-state index contributed by atoms with van der Waals surface area (Å²) in [6.45, 7) is 2.20. The minimum Gasteiger partial charge on any atom is -0.359 e. The van der Waals surface area contributed by atoms with Crippen molar-refractivity contribution in [3.05, 3.63) is 53.9 Å². The molecule has 142 valence electrons. The molecule has 0 spiro atoms. The van der Waals surface area contributed by atoms with Gasteiger partial charge in [-0.15, -0.1) is 0 Å². The topological polar surface area (TPSA) is 57.8 Å². The van der Waals surface area contributed by atoms with E-state index in [1.165, 1.54) is 47.0 Å². The van der Waals surface area contributed by atoms with Crippen LogP contribution < -0.4 is 5.32 Å². The number of carbonyl (C=O) groups is 1. The smallest absolute Gasteiger partial charge is 0.219 e. The van der Waals surface area contributed by atoms with Gasteiger partial charge in [0.05, 0.1) is 5.69 Å². The number of aromatic nitrogens is 2. The van der Waals surface area contributed by atoms with Gasteiger partial charge in [-0.25, -0.2) is 0 Å². The first-order valence-electron chi connectivity index (χ1n) is 9.92. The maximum Gasteiger partial charge on any atom is 0.219 e. The van der Waals surface area contributed by atoms with Crippen molar-refractivity contribution in [2.24, 2.45) is 0 Å². The van der Waals surface area contributed by atoms with E-state index < -0.39 is 0 Å². The summed E-state index contributed by atoms with van der Waals surface area (Å²) in [6, 6.07) is 10.6. The lowest BCUT2D eigenvalue weighted by molar-refractivity contribution is -0.120. The van der Waals surface area contributed by atoms with Gasteiger partial charge in [-0.05, 0) is 55.5 Å². The molecule has 1 amide bonds. The molecule has 4 heteroatoms. The largest absolute Gasteiger partial charge is 0.359 e. The first-order valence-corrected chi connectivity index (χ1v) is 9.92. The standard InChI is InChI=1S/C23H29N3O/c1-17-22-18(10-6-4-3-5-7-14-21(27)24-2)11-8-13-20(22)26-23(17)19-12-9-15-25-16-19/h8-9,11-13,15-16,26H,3-7,10,14H2,1-2H3,(H,24,27). The Morgan fingerprint density at radius 3 is 2.67 bits per heavy atom. The van der Waals surface area contributed by atoms with Crippen LogP contribution in [0, 0.1) is 6.92 Å². The summed E-state index contributed by atoms with van der Waals surface area (Å²) in [5.41, 5.74) is 6.23. The fourth-order valence-electron chi connectivity index (χ4n) is 3.76. The molecular formula is C23H29N3O. The second kappa shape index (κ2) is 9.36. The molecular weight excluding hydrogens is 334 g/mol. The van der Waals surface area contributed by atoms with Crippen molar-refractivity contribution in [3.8, 4) is 11.3 Å². The van der Waals surface area contributed by atoms with Crippen LogP contribution in [0.4, 0.5) is 0 Å². The van der Waals surface area contributed by atoms with Crippen molar-refractivity contribution in [3.63, 3.8) is 0 Å². The Bertz CT molecular complexity index is 883. The zero-order valence-corrected chi connectivity index (χ0v) is 16.3. The number of H-pyrrole nitrogens is 1. The van der Waals surface area contributed by atoms with Gasteiger partial charge < -0.3 is 10.3 Å². The molecule has 2 heterocycles. The Labute approximate surface area is 161 Å². The Balaban J connectivity index is 1.61. The normalized spacial score (nSPS) is 11.0. The van der Waals surface area contributed by atoms with Gasteiger partial charge in [0, 0.05) is 42.3 Å². The SMILES string of the molecule is CNC(=O)CCCCCCCc1cccc2[nH]c(-c3cccnc3)c(C)c12. The van der Waals surface area contributed by atoms with Crippen molar-refractivity contribution in [2.75, 3.05) is 7.05 Å². The van der Waals surface area contributed by atoms with Crippen molar-refractivity contribution in [1.82, 2.24) is 15.3 Å². The third-order valence-corrected chi connectivity index (χ3v) is 5.24. The Morgan fingerprint density at radius 1 is 1.07 bits per heavy atom. The number of carbonyl (C=O) groups excluding carboxylic acids is 1. The number of hydrogen-bond donors (Lipinski definition) is 2. The molecule has 2 aromatic heterocycles. The highest BCUT2D eigenvalue weighted by molar-refractivity contribution is 5.92. The highest BCUT2D eigenvalue weighted by Crippen LogP contribution is 2.32. The van der Waals surface area contributed by atoms with Gasteiger partial charge in [-0.1, -0.05) is 31.4 Å². The van der Waals surface area contributed by atoms with Gasteiger partial charge in [-0.2, -0.15) is 0 Å². The second-order valence-electron chi connectivity index (χ2n) is 7.15. The molecule has 0 unspecified atom stereocenters. The zero-order valence-electron chi connectivity index (χ0n) is 16.3. The van der Waals surface area contributed by atoms with Crippen LogP contribution in [0.2, 0.25) is 0 Å². The van der Waals surface area contributed by atoms with Crippen LogP contribution in [-0.4, -0.2) is 22.9 Å². The number of amides is 1. The van der Waals surface area contributed by atoms with Crippen molar-refractivity contribution >= 4 is 16.8 Å². The number of nitrogens with one attached hydrogen (secondary N) is 2. The zero-order chi connectivity index (χ0) is 19.1. The Hall–Kier alpha value is -2.62. The summed E-state index contributed by atoms with van der Waals surface area (Å²) in [4.78, 5) is 19.1. The minimum atomic E-state index is 0.147. The van der Waals surface area contributed by atoms with E-state index in [1.54, 1.807) is 7.05 Å². The molecule has 0 aliphatic heterocycles. The molecule has 3 rings (SSSR count). The lowest BCUT2D eigenvalue weighted by Crippen LogP contribution is -2.16. The van der Waals surface area contributed by atoms with E-state index in [0.717, 1.165) is 24.8 Å². The maximum atomic E-state index is 11.2. The molecule has 1 aromatic carbocycles. The quantitative estimate of drug-likeness (QED) is 0.515. The molecule has 0 atom stereocenters. The fourth-order valence-corrected chi connectivity index (χ4v) is 3.76. The van der Waals surface area contributed by atoms with Gasteiger partial charge in [0.1, 0.15) is 0 Å². The predicted octanol–water partition coefficient (Wildman–Crippen LogP) is 5.17. The van der Waals surface area contributed by atoms with Crippen LogP contribution in [0.5, 0.6) is 0 Å². The number of aromatic amines is 1. The third kappa shape index (κ3) is 4.76. The lowest BCUT2D eigenvalue weighted by atomic mass is 9.99.